The van der Waals surface area contributed by atoms with Crippen LogP contribution in [0.5, 0.6) is 0 Å². The van der Waals surface area contributed by atoms with E-state index in [1.807, 2.05) is 24.3 Å². The van der Waals surface area contributed by atoms with Gasteiger partial charge in [0.1, 0.15) is 0 Å². The molecule has 0 bridgehead atoms. The van der Waals surface area contributed by atoms with Crippen LogP contribution >= 0.6 is 0 Å². The van der Waals surface area contributed by atoms with Gasteiger partial charge in [-0.25, -0.2) is 8.42 Å². The Morgan fingerprint density at radius 2 is 1.59 bits per heavy atom. The first-order chi connectivity index (χ1) is 13.9. The number of sulfonamides is 1. The number of benzene rings is 2. The fraction of sp³-hybridized carbons (Fsp3) is 0.381. The minimum absolute atomic E-state index is 0.120. The van der Waals surface area contributed by atoms with Crippen LogP contribution in [0, 0.1) is 0 Å². The van der Waals surface area contributed by atoms with Crippen LogP contribution in [0.1, 0.15) is 25.3 Å². The molecule has 1 aliphatic rings. The highest BCUT2D eigenvalue weighted by atomic mass is 32.2. The highest BCUT2D eigenvalue weighted by Gasteiger charge is 2.26. The van der Waals surface area contributed by atoms with E-state index in [0.29, 0.717) is 37.9 Å². The molecule has 8 heteroatoms. The number of ether oxygens (including phenoxy) is 1. The molecule has 0 saturated carbocycles. The number of nitrogens with one attached hydrogen (secondary N) is 2. The smallest absolute Gasteiger partial charge is 0.243 e. The van der Waals surface area contributed by atoms with E-state index in [1.54, 1.807) is 12.1 Å². The summed E-state index contributed by atoms with van der Waals surface area (Å²) in [5.41, 5.74) is 2.66. The zero-order chi connectivity index (χ0) is 20.9. The van der Waals surface area contributed by atoms with E-state index in [4.69, 9.17) is 4.74 Å². The highest BCUT2D eigenvalue weighted by Crippen LogP contribution is 2.20. The van der Waals surface area contributed by atoms with E-state index in [1.165, 1.54) is 22.0 Å². The third kappa shape index (κ3) is 5.56. The van der Waals surface area contributed by atoms with Crippen LogP contribution in [0.3, 0.4) is 0 Å². The van der Waals surface area contributed by atoms with Gasteiger partial charge in [-0.05, 0) is 47.9 Å². The molecule has 0 aromatic heterocycles. The van der Waals surface area contributed by atoms with Crippen molar-refractivity contribution in [1.82, 2.24) is 4.31 Å². The lowest BCUT2D eigenvalue weighted by Gasteiger charge is -2.26. The second kappa shape index (κ2) is 9.39. The molecule has 1 aliphatic heterocycles. The van der Waals surface area contributed by atoms with Crippen LogP contribution in [0.15, 0.2) is 53.4 Å². The molecule has 0 unspecified atom stereocenters. The van der Waals surface area contributed by atoms with Gasteiger partial charge in [-0.15, -0.1) is 0 Å². The Morgan fingerprint density at radius 1 is 1.00 bits per heavy atom. The maximum atomic E-state index is 12.6. The largest absolute Gasteiger partial charge is 0.379 e. The molecule has 7 nitrogen and oxygen atoms in total. The fourth-order valence-electron chi connectivity index (χ4n) is 3.02. The van der Waals surface area contributed by atoms with Crippen molar-refractivity contribution < 1.29 is 17.9 Å². The normalized spacial score (nSPS) is 15.3. The predicted molar refractivity (Wildman–Crippen MR) is 114 cm³/mol. The second-order valence-electron chi connectivity index (χ2n) is 7.22. The van der Waals surface area contributed by atoms with Crippen molar-refractivity contribution in [2.24, 2.45) is 0 Å². The van der Waals surface area contributed by atoms with Crippen LogP contribution in [0.25, 0.3) is 0 Å². The molecule has 1 amide bonds. The topological polar surface area (TPSA) is 87.7 Å². The van der Waals surface area contributed by atoms with Crippen LogP contribution < -0.4 is 10.6 Å². The van der Waals surface area contributed by atoms with Crippen molar-refractivity contribution in [3.8, 4) is 0 Å². The molecule has 2 aromatic rings. The standard InChI is InChI=1S/C21H27N3O4S/c1-16(2)17-3-5-18(6-4-17)22-15-21(25)23-19-7-9-20(10-8-19)29(26,27)24-11-13-28-14-12-24/h3-10,16,22H,11-15H2,1-2H3,(H,23,25). The minimum Gasteiger partial charge on any atom is -0.379 e. The number of hydrogen-bond donors (Lipinski definition) is 2. The molecule has 1 fully saturated rings. The quantitative estimate of drug-likeness (QED) is 0.723. The van der Waals surface area contributed by atoms with Crippen LogP contribution in [0.2, 0.25) is 0 Å². The summed E-state index contributed by atoms with van der Waals surface area (Å²) < 4.78 is 31.9. The van der Waals surface area contributed by atoms with Gasteiger partial charge >= 0.3 is 0 Å². The molecule has 2 N–H and O–H groups in total. The summed E-state index contributed by atoms with van der Waals surface area (Å²) in [4.78, 5) is 12.4. The van der Waals surface area contributed by atoms with Crippen molar-refractivity contribution in [3.05, 3.63) is 54.1 Å². The summed E-state index contributed by atoms with van der Waals surface area (Å²) >= 11 is 0. The van der Waals surface area contributed by atoms with Crippen molar-refractivity contribution in [2.45, 2.75) is 24.7 Å². The predicted octanol–water partition coefficient (Wildman–Crippen LogP) is 2.88. The van der Waals surface area contributed by atoms with Gasteiger partial charge in [-0.1, -0.05) is 26.0 Å². The number of hydrogen-bond acceptors (Lipinski definition) is 5. The van der Waals surface area contributed by atoms with Gasteiger partial charge in [0.05, 0.1) is 24.7 Å². The first kappa shape index (κ1) is 21.3. The zero-order valence-corrected chi connectivity index (χ0v) is 17.5. The molecule has 29 heavy (non-hydrogen) atoms. The molecule has 0 spiro atoms. The van der Waals surface area contributed by atoms with Crippen molar-refractivity contribution >= 4 is 27.3 Å². The monoisotopic (exact) mass is 417 g/mol. The van der Waals surface area contributed by atoms with Crippen molar-refractivity contribution in [2.75, 3.05) is 43.5 Å². The Bertz CT molecular complexity index is 919. The van der Waals surface area contributed by atoms with Crippen LogP contribution in [-0.4, -0.2) is 51.5 Å². The number of carbonyl (C=O) groups excluding carboxylic acids is 1. The third-order valence-electron chi connectivity index (χ3n) is 4.78. The lowest BCUT2D eigenvalue weighted by molar-refractivity contribution is -0.114. The molecule has 0 radical (unpaired) electrons. The van der Waals surface area contributed by atoms with Crippen LogP contribution in [0.4, 0.5) is 11.4 Å². The maximum absolute atomic E-state index is 12.6. The van der Waals surface area contributed by atoms with Crippen molar-refractivity contribution in [3.63, 3.8) is 0 Å². The SMILES string of the molecule is CC(C)c1ccc(NCC(=O)Nc2ccc(S(=O)(=O)N3CCOCC3)cc2)cc1. The molecule has 1 heterocycles. The van der Waals surface area contributed by atoms with Gasteiger partial charge < -0.3 is 15.4 Å². The number of amides is 1. The third-order valence-corrected chi connectivity index (χ3v) is 6.69. The molecule has 2 aromatic carbocycles. The van der Waals surface area contributed by atoms with E-state index < -0.39 is 10.0 Å². The second-order valence-corrected chi connectivity index (χ2v) is 9.16. The number of carbonyl (C=O) groups is 1. The summed E-state index contributed by atoms with van der Waals surface area (Å²) in [5, 5.41) is 5.85. The summed E-state index contributed by atoms with van der Waals surface area (Å²) in [7, 11) is -3.54. The Balaban J connectivity index is 1.54. The number of morpholine rings is 1. The minimum atomic E-state index is -3.54. The van der Waals surface area contributed by atoms with Gasteiger partial charge in [-0.2, -0.15) is 4.31 Å². The first-order valence-corrected chi connectivity index (χ1v) is 11.1. The van der Waals surface area contributed by atoms with Crippen molar-refractivity contribution in [1.29, 1.82) is 0 Å². The molecule has 0 aliphatic carbocycles. The van der Waals surface area contributed by atoms with E-state index in [-0.39, 0.29) is 17.3 Å². The highest BCUT2D eigenvalue weighted by molar-refractivity contribution is 7.89. The number of anilines is 2. The molecule has 0 atom stereocenters. The summed E-state index contributed by atoms with van der Waals surface area (Å²) in [5.74, 6) is 0.254. The van der Waals surface area contributed by atoms with E-state index >= 15 is 0 Å². The Hall–Kier alpha value is -2.42. The Morgan fingerprint density at radius 3 is 2.17 bits per heavy atom. The first-order valence-electron chi connectivity index (χ1n) is 9.68. The lowest BCUT2D eigenvalue weighted by atomic mass is 10.0. The van der Waals surface area contributed by atoms with Gasteiger partial charge in [0, 0.05) is 24.5 Å². The Kier molecular flexibility index (Phi) is 6.89. The van der Waals surface area contributed by atoms with E-state index in [2.05, 4.69) is 24.5 Å². The summed E-state index contributed by atoms with van der Waals surface area (Å²) in [6.45, 7) is 5.89. The summed E-state index contributed by atoms with van der Waals surface area (Å²) in [6, 6.07) is 14.2. The van der Waals surface area contributed by atoms with Gasteiger partial charge in [-0.3, -0.25) is 4.79 Å². The van der Waals surface area contributed by atoms with Gasteiger partial charge in [0.2, 0.25) is 15.9 Å². The van der Waals surface area contributed by atoms with E-state index in [0.717, 1.165) is 5.69 Å². The van der Waals surface area contributed by atoms with Crippen LogP contribution in [-0.2, 0) is 19.6 Å². The molecular weight excluding hydrogens is 390 g/mol. The van der Waals surface area contributed by atoms with Gasteiger partial charge in [0.15, 0.2) is 0 Å². The molecule has 1 saturated heterocycles. The lowest BCUT2D eigenvalue weighted by Crippen LogP contribution is -2.40. The maximum Gasteiger partial charge on any atom is 0.243 e. The zero-order valence-electron chi connectivity index (χ0n) is 16.7. The number of nitrogens with zero attached hydrogens (tertiary/aromatic N) is 1. The summed E-state index contributed by atoms with van der Waals surface area (Å²) in [6.07, 6.45) is 0. The van der Waals surface area contributed by atoms with Gasteiger partial charge in [0.25, 0.3) is 0 Å². The Labute approximate surface area is 172 Å². The fourth-order valence-corrected chi connectivity index (χ4v) is 4.43. The number of rotatable bonds is 7. The average molecular weight is 418 g/mol. The molecular formula is C21H27N3O4S. The molecule has 3 rings (SSSR count). The van der Waals surface area contributed by atoms with E-state index in [9.17, 15) is 13.2 Å². The molecule has 156 valence electrons. The average Bonchev–Trinajstić information content (AvgIpc) is 2.73.